The molecule has 0 saturated heterocycles. The molecule has 1 aromatic rings. The second-order valence-corrected chi connectivity index (χ2v) is 7.06. The van der Waals surface area contributed by atoms with E-state index in [-0.39, 0.29) is 29.3 Å². The minimum absolute atomic E-state index is 0.00160. The van der Waals surface area contributed by atoms with Crippen LogP contribution in [0, 0.1) is 16.0 Å². The van der Waals surface area contributed by atoms with Gasteiger partial charge in [-0.2, -0.15) is 0 Å². The van der Waals surface area contributed by atoms with E-state index in [1.807, 2.05) is 0 Å². The van der Waals surface area contributed by atoms with Gasteiger partial charge < -0.3 is 10.4 Å². The molecule has 0 aromatic heterocycles. The molecular weight excluding hydrogens is 317 g/mol. The fourth-order valence-corrected chi connectivity index (χ4v) is 3.05. The summed E-state index contributed by atoms with van der Waals surface area (Å²) in [5.74, 6) is -0.00160. The summed E-state index contributed by atoms with van der Waals surface area (Å²) < 4.78 is 34.9. The smallest absolute Gasteiger partial charge is 0.293 e. The summed E-state index contributed by atoms with van der Waals surface area (Å²) in [6, 6.07) is 3.32. The molecule has 0 radical (unpaired) electrons. The van der Waals surface area contributed by atoms with Crippen molar-refractivity contribution in [2.24, 2.45) is 11.1 Å². The molecule has 10 heteroatoms. The molecule has 1 aliphatic carbocycles. The molecule has 0 aliphatic heterocycles. The van der Waals surface area contributed by atoms with Crippen molar-refractivity contribution in [3.05, 3.63) is 28.3 Å². The molecule has 0 heterocycles. The molecule has 1 saturated carbocycles. The van der Waals surface area contributed by atoms with Crippen LogP contribution in [0.3, 0.4) is 0 Å². The van der Waals surface area contributed by atoms with Gasteiger partial charge >= 0.3 is 0 Å². The summed E-state index contributed by atoms with van der Waals surface area (Å²) >= 11 is 0. The number of primary sulfonamides is 1. The van der Waals surface area contributed by atoms with Crippen LogP contribution in [0.1, 0.15) is 12.8 Å². The molecule has 0 bridgehead atoms. The predicted molar refractivity (Wildman–Crippen MR) is 76.6 cm³/mol. The lowest BCUT2D eigenvalue weighted by Crippen LogP contribution is -2.47. The molecular formula is C12H16FN3O5S. The number of aliphatic hydroxyl groups is 1. The maximum Gasteiger partial charge on any atom is 0.293 e. The first-order valence-electron chi connectivity index (χ1n) is 6.48. The highest BCUT2D eigenvalue weighted by atomic mass is 32.2. The SMILES string of the molecule is NS(=O)(=O)c1ccc(NC[C@H]2C[C@](O)(CF)C2)c([N+](=O)[O-])c1. The average Bonchev–Trinajstić information content (AvgIpc) is 2.40. The highest BCUT2D eigenvalue weighted by molar-refractivity contribution is 7.89. The first-order valence-corrected chi connectivity index (χ1v) is 8.03. The van der Waals surface area contributed by atoms with Gasteiger partial charge in [0.25, 0.3) is 5.69 Å². The number of hydrogen-bond donors (Lipinski definition) is 3. The van der Waals surface area contributed by atoms with Gasteiger partial charge in [0, 0.05) is 12.6 Å². The van der Waals surface area contributed by atoms with Crippen LogP contribution in [-0.4, -0.2) is 37.3 Å². The number of benzene rings is 1. The van der Waals surface area contributed by atoms with Crippen molar-refractivity contribution in [2.75, 3.05) is 18.5 Å². The van der Waals surface area contributed by atoms with Crippen LogP contribution >= 0.6 is 0 Å². The number of nitrogens with one attached hydrogen (secondary N) is 1. The summed E-state index contributed by atoms with van der Waals surface area (Å²) in [6.45, 7) is -0.495. The van der Waals surface area contributed by atoms with Crippen LogP contribution in [0.2, 0.25) is 0 Å². The summed E-state index contributed by atoms with van der Waals surface area (Å²) in [5, 5.41) is 28.3. The quantitative estimate of drug-likeness (QED) is 0.519. The molecule has 1 fully saturated rings. The Morgan fingerprint density at radius 1 is 1.50 bits per heavy atom. The van der Waals surface area contributed by atoms with Gasteiger partial charge in [0.15, 0.2) is 0 Å². The lowest BCUT2D eigenvalue weighted by atomic mass is 9.71. The van der Waals surface area contributed by atoms with Gasteiger partial charge in [0.2, 0.25) is 10.0 Å². The van der Waals surface area contributed by atoms with E-state index in [4.69, 9.17) is 5.14 Å². The molecule has 0 atom stereocenters. The van der Waals surface area contributed by atoms with Crippen molar-refractivity contribution in [3.63, 3.8) is 0 Å². The Bertz CT molecular complexity index is 688. The average molecular weight is 333 g/mol. The zero-order valence-corrected chi connectivity index (χ0v) is 12.3. The lowest BCUT2D eigenvalue weighted by molar-refractivity contribution is -0.384. The summed E-state index contributed by atoms with van der Waals surface area (Å²) in [5.41, 5.74) is -1.55. The number of sulfonamides is 1. The Balaban J connectivity index is 2.10. The number of hydrogen-bond acceptors (Lipinski definition) is 6. The van der Waals surface area contributed by atoms with E-state index in [2.05, 4.69) is 5.32 Å². The molecule has 22 heavy (non-hydrogen) atoms. The molecule has 0 unspecified atom stereocenters. The van der Waals surface area contributed by atoms with E-state index in [0.29, 0.717) is 6.54 Å². The first-order chi connectivity index (χ1) is 10.1. The Hall–Kier alpha value is -1.78. The van der Waals surface area contributed by atoms with E-state index >= 15 is 0 Å². The summed E-state index contributed by atoms with van der Waals surface area (Å²) in [7, 11) is -4.03. The van der Waals surface area contributed by atoms with Crippen molar-refractivity contribution in [2.45, 2.75) is 23.3 Å². The molecule has 4 N–H and O–H groups in total. The van der Waals surface area contributed by atoms with Gasteiger partial charge in [-0.05, 0) is 30.9 Å². The molecule has 1 aromatic carbocycles. The molecule has 0 spiro atoms. The van der Waals surface area contributed by atoms with E-state index in [9.17, 15) is 28.0 Å². The van der Waals surface area contributed by atoms with Gasteiger partial charge in [0.05, 0.1) is 15.4 Å². The monoisotopic (exact) mass is 333 g/mol. The normalized spacial score (nSPS) is 24.6. The number of nitrogens with zero attached hydrogens (tertiary/aromatic N) is 1. The number of nitro groups is 1. The number of alkyl halides is 1. The lowest BCUT2D eigenvalue weighted by Gasteiger charge is -2.41. The van der Waals surface area contributed by atoms with E-state index in [1.54, 1.807) is 0 Å². The van der Waals surface area contributed by atoms with Crippen molar-refractivity contribution in [1.82, 2.24) is 0 Å². The minimum atomic E-state index is -4.03. The van der Waals surface area contributed by atoms with Crippen molar-refractivity contribution < 1.29 is 22.8 Å². The third-order valence-corrected chi connectivity index (χ3v) is 4.57. The van der Waals surface area contributed by atoms with Crippen LogP contribution in [0.5, 0.6) is 0 Å². The predicted octanol–water partition coefficient (Wildman–Crippen LogP) is 0.765. The van der Waals surface area contributed by atoms with Crippen molar-refractivity contribution in [1.29, 1.82) is 0 Å². The third-order valence-electron chi connectivity index (χ3n) is 3.66. The molecule has 2 rings (SSSR count). The first kappa shape index (κ1) is 16.6. The van der Waals surface area contributed by atoms with Gasteiger partial charge in [0.1, 0.15) is 12.4 Å². The van der Waals surface area contributed by atoms with Crippen LogP contribution in [0.15, 0.2) is 23.1 Å². The maximum absolute atomic E-state index is 12.5. The van der Waals surface area contributed by atoms with Crippen LogP contribution in [0.25, 0.3) is 0 Å². The fraction of sp³-hybridized carbons (Fsp3) is 0.500. The Morgan fingerprint density at radius 3 is 2.64 bits per heavy atom. The van der Waals surface area contributed by atoms with Gasteiger partial charge in [-0.25, -0.2) is 17.9 Å². The number of nitro benzene ring substituents is 1. The number of rotatable bonds is 6. The fourth-order valence-electron chi connectivity index (χ4n) is 2.51. The van der Waals surface area contributed by atoms with E-state index < -0.39 is 32.9 Å². The number of nitrogens with two attached hydrogens (primary N) is 1. The van der Waals surface area contributed by atoms with Crippen LogP contribution in [-0.2, 0) is 10.0 Å². The number of halogens is 1. The Labute approximate surface area is 126 Å². The largest absolute Gasteiger partial charge is 0.387 e. The van der Waals surface area contributed by atoms with Crippen LogP contribution in [0.4, 0.5) is 15.8 Å². The topological polar surface area (TPSA) is 136 Å². The standard InChI is InChI=1S/C12H16FN3O5S/c13-7-12(17)4-8(5-12)6-15-10-2-1-9(22(14,20)21)3-11(10)16(18)19/h1-3,8,15,17H,4-7H2,(H2,14,20,21)/t8-,12+. The molecule has 8 nitrogen and oxygen atoms in total. The van der Waals surface area contributed by atoms with E-state index in [0.717, 1.165) is 6.07 Å². The number of anilines is 1. The zero-order chi connectivity index (χ0) is 16.5. The maximum atomic E-state index is 12.5. The minimum Gasteiger partial charge on any atom is -0.387 e. The Morgan fingerprint density at radius 2 is 2.14 bits per heavy atom. The molecule has 0 amide bonds. The third kappa shape index (κ3) is 3.51. The van der Waals surface area contributed by atoms with Gasteiger partial charge in [-0.1, -0.05) is 0 Å². The van der Waals surface area contributed by atoms with Crippen molar-refractivity contribution in [3.8, 4) is 0 Å². The van der Waals surface area contributed by atoms with Gasteiger partial charge in [-0.3, -0.25) is 10.1 Å². The Kier molecular flexibility index (Phi) is 4.36. The highest BCUT2D eigenvalue weighted by Gasteiger charge is 2.42. The van der Waals surface area contributed by atoms with E-state index in [1.165, 1.54) is 12.1 Å². The van der Waals surface area contributed by atoms with Gasteiger partial charge in [-0.15, -0.1) is 0 Å². The molecule has 122 valence electrons. The van der Waals surface area contributed by atoms with Crippen molar-refractivity contribution >= 4 is 21.4 Å². The summed E-state index contributed by atoms with van der Waals surface area (Å²) in [6.07, 6.45) is 0.555. The summed E-state index contributed by atoms with van der Waals surface area (Å²) in [4.78, 5) is 9.96. The second-order valence-electron chi connectivity index (χ2n) is 5.49. The zero-order valence-electron chi connectivity index (χ0n) is 11.5. The molecule has 1 aliphatic rings. The highest BCUT2D eigenvalue weighted by Crippen LogP contribution is 2.38. The second kappa shape index (κ2) is 5.78. The van der Waals surface area contributed by atoms with Crippen LogP contribution < -0.4 is 10.5 Å².